The number of para-hydroxylation sites is 1. The van der Waals surface area contributed by atoms with E-state index in [2.05, 4.69) is 16.6 Å². The lowest BCUT2D eigenvalue weighted by Gasteiger charge is -2.35. The first-order chi connectivity index (χ1) is 11.0. The van der Waals surface area contributed by atoms with Crippen LogP contribution >= 0.6 is 23.2 Å². The molecule has 1 aromatic heterocycles. The van der Waals surface area contributed by atoms with Gasteiger partial charge in [-0.3, -0.25) is 0 Å². The second-order valence-corrected chi connectivity index (χ2v) is 5.86. The van der Waals surface area contributed by atoms with Crippen molar-refractivity contribution in [1.29, 1.82) is 0 Å². The van der Waals surface area contributed by atoms with Crippen molar-refractivity contribution in [2.45, 2.75) is 13.0 Å². The molecule has 0 bridgehead atoms. The maximum Gasteiger partial charge on any atom is 0.161 e. The van der Waals surface area contributed by atoms with E-state index in [0.717, 1.165) is 11.3 Å². The zero-order valence-corrected chi connectivity index (χ0v) is 14.3. The van der Waals surface area contributed by atoms with Gasteiger partial charge in [-0.1, -0.05) is 48.0 Å². The second-order valence-electron chi connectivity index (χ2n) is 5.11. The van der Waals surface area contributed by atoms with Crippen LogP contribution in [0.2, 0.25) is 5.15 Å². The van der Waals surface area contributed by atoms with Gasteiger partial charge in [-0.05, 0) is 25.1 Å². The number of methoxy groups -OCH3 is 1. The SMILES string of the molecule is C=C1C(Cl)=Nc2ccc(Cl)nc2N1C(C)c1ccccc1OC. The number of fused-ring (bicyclic) bond motifs is 1. The minimum absolute atomic E-state index is 0.104. The molecule has 0 N–H and O–H groups in total. The van der Waals surface area contributed by atoms with Crippen LogP contribution in [0.15, 0.2) is 53.7 Å². The van der Waals surface area contributed by atoms with Gasteiger partial charge in [0.15, 0.2) is 11.0 Å². The molecule has 1 aliphatic rings. The van der Waals surface area contributed by atoms with Crippen molar-refractivity contribution in [3.63, 3.8) is 0 Å². The van der Waals surface area contributed by atoms with E-state index in [-0.39, 0.29) is 6.04 Å². The molecule has 6 heteroatoms. The first kappa shape index (κ1) is 15.8. The van der Waals surface area contributed by atoms with E-state index in [1.54, 1.807) is 19.2 Å². The summed E-state index contributed by atoms with van der Waals surface area (Å²) in [6.07, 6.45) is 0. The highest BCUT2D eigenvalue weighted by Crippen LogP contribution is 2.42. The Morgan fingerprint density at radius 2 is 1.91 bits per heavy atom. The van der Waals surface area contributed by atoms with Crippen molar-refractivity contribution in [2.24, 2.45) is 4.99 Å². The molecular weight excluding hydrogens is 333 g/mol. The molecule has 1 unspecified atom stereocenters. The lowest BCUT2D eigenvalue weighted by atomic mass is 10.0. The first-order valence-electron chi connectivity index (χ1n) is 7.05. The zero-order valence-electron chi connectivity index (χ0n) is 12.8. The van der Waals surface area contributed by atoms with Crippen LogP contribution in [0.3, 0.4) is 0 Å². The summed E-state index contributed by atoms with van der Waals surface area (Å²) >= 11 is 12.3. The predicted octanol–water partition coefficient (Wildman–Crippen LogP) is 5.11. The molecule has 3 rings (SSSR count). The van der Waals surface area contributed by atoms with E-state index in [9.17, 15) is 0 Å². The van der Waals surface area contributed by atoms with Crippen LogP contribution in [0.4, 0.5) is 11.5 Å². The number of ether oxygens (including phenoxy) is 1. The molecule has 118 valence electrons. The van der Waals surface area contributed by atoms with Crippen LogP contribution in [0.5, 0.6) is 5.75 Å². The van der Waals surface area contributed by atoms with Gasteiger partial charge in [0.25, 0.3) is 0 Å². The molecule has 0 saturated heterocycles. The topological polar surface area (TPSA) is 37.7 Å². The highest BCUT2D eigenvalue weighted by molar-refractivity contribution is 6.70. The Labute approximate surface area is 145 Å². The number of halogens is 2. The molecule has 0 spiro atoms. The minimum atomic E-state index is -0.104. The third kappa shape index (κ3) is 2.80. The number of aliphatic imine (C=N–C) groups is 1. The lowest BCUT2D eigenvalue weighted by molar-refractivity contribution is 0.406. The number of pyridine rings is 1. The van der Waals surface area contributed by atoms with Crippen LogP contribution < -0.4 is 9.64 Å². The molecule has 0 fully saturated rings. The van der Waals surface area contributed by atoms with Crippen molar-refractivity contribution < 1.29 is 4.74 Å². The highest BCUT2D eigenvalue weighted by Gasteiger charge is 2.30. The first-order valence-corrected chi connectivity index (χ1v) is 7.80. The smallest absolute Gasteiger partial charge is 0.161 e. The van der Waals surface area contributed by atoms with Gasteiger partial charge in [-0.25, -0.2) is 9.98 Å². The van der Waals surface area contributed by atoms with Crippen LogP contribution in [0, 0.1) is 0 Å². The maximum atomic E-state index is 6.25. The summed E-state index contributed by atoms with van der Waals surface area (Å²) in [7, 11) is 1.65. The summed E-state index contributed by atoms with van der Waals surface area (Å²) < 4.78 is 5.47. The van der Waals surface area contributed by atoms with Gasteiger partial charge < -0.3 is 9.64 Å². The molecule has 1 aromatic carbocycles. The van der Waals surface area contributed by atoms with E-state index in [1.807, 2.05) is 36.1 Å². The van der Waals surface area contributed by atoms with Crippen molar-refractivity contribution in [3.05, 3.63) is 59.4 Å². The molecule has 0 radical (unpaired) electrons. The summed E-state index contributed by atoms with van der Waals surface area (Å²) in [5.74, 6) is 1.42. The molecule has 2 heterocycles. The third-order valence-electron chi connectivity index (χ3n) is 3.77. The number of nitrogens with zero attached hydrogens (tertiary/aromatic N) is 3. The van der Waals surface area contributed by atoms with Gasteiger partial charge in [0.05, 0.1) is 18.8 Å². The Kier molecular flexibility index (Phi) is 4.28. The molecule has 0 saturated carbocycles. The second kappa shape index (κ2) is 6.22. The van der Waals surface area contributed by atoms with E-state index in [1.165, 1.54) is 0 Å². The van der Waals surface area contributed by atoms with Gasteiger partial charge >= 0.3 is 0 Å². The molecule has 23 heavy (non-hydrogen) atoms. The Hall–Kier alpha value is -2.04. The third-order valence-corrected chi connectivity index (χ3v) is 4.29. The molecule has 1 atom stereocenters. The van der Waals surface area contributed by atoms with Gasteiger partial charge in [-0.2, -0.15) is 0 Å². The molecule has 4 nitrogen and oxygen atoms in total. The van der Waals surface area contributed by atoms with E-state index in [4.69, 9.17) is 27.9 Å². The summed E-state index contributed by atoms with van der Waals surface area (Å²) in [6.45, 7) is 6.08. The number of allylic oxidation sites excluding steroid dienone is 1. The monoisotopic (exact) mass is 347 g/mol. The molecule has 0 amide bonds. The molecular formula is C17H15Cl2N3O. The molecule has 1 aliphatic heterocycles. The van der Waals surface area contributed by atoms with Crippen molar-refractivity contribution >= 4 is 39.9 Å². The number of anilines is 1. The van der Waals surface area contributed by atoms with Crippen LogP contribution in [0.25, 0.3) is 0 Å². The van der Waals surface area contributed by atoms with Crippen LogP contribution in [-0.2, 0) is 0 Å². The van der Waals surface area contributed by atoms with Crippen LogP contribution in [-0.4, -0.2) is 17.3 Å². The minimum Gasteiger partial charge on any atom is -0.496 e. The Bertz CT molecular complexity index is 804. The lowest BCUT2D eigenvalue weighted by Crippen LogP contribution is -2.31. The fraction of sp³-hybridized carbons (Fsp3) is 0.176. The Balaban J connectivity index is 2.13. The summed E-state index contributed by atoms with van der Waals surface area (Å²) in [6, 6.07) is 11.2. The van der Waals surface area contributed by atoms with Gasteiger partial charge in [0, 0.05) is 5.56 Å². The number of rotatable bonds is 3. The number of benzene rings is 1. The zero-order chi connectivity index (χ0) is 16.6. The quantitative estimate of drug-likeness (QED) is 0.724. The summed E-state index contributed by atoms with van der Waals surface area (Å²) in [5, 5.41) is 0.727. The standard InChI is InChI=1S/C17H15Cl2N3O/c1-10(12-6-4-5-7-14(12)23-3)22-11(2)16(19)20-13-8-9-15(18)21-17(13)22/h4-10H,2H2,1,3H3. The number of aromatic nitrogens is 1. The fourth-order valence-corrected chi connectivity index (χ4v) is 2.97. The van der Waals surface area contributed by atoms with Crippen molar-refractivity contribution in [2.75, 3.05) is 12.0 Å². The fourth-order valence-electron chi connectivity index (χ4n) is 2.65. The molecule has 2 aromatic rings. The van der Waals surface area contributed by atoms with Crippen LogP contribution in [0.1, 0.15) is 18.5 Å². The average molecular weight is 348 g/mol. The Morgan fingerprint density at radius 1 is 1.17 bits per heavy atom. The summed E-state index contributed by atoms with van der Waals surface area (Å²) in [5.41, 5.74) is 2.23. The van der Waals surface area contributed by atoms with Crippen molar-refractivity contribution in [3.8, 4) is 5.75 Å². The van der Waals surface area contributed by atoms with E-state index in [0.29, 0.717) is 27.5 Å². The number of hydrogen-bond acceptors (Lipinski definition) is 4. The highest BCUT2D eigenvalue weighted by atomic mass is 35.5. The number of hydrogen-bond donors (Lipinski definition) is 0. The largest absolute Gasteiger partial charge is 0.496 e. The predicted molar refractivity (Wildman–Crippen MR) is 95.2 cm³/mol. The van der Waals surface area contributed by atoms with Gasteiger partial charge in [-0.15, -0.1) is 0 Å². The average Bonchev–Trinajstić information content (AvgIpc) is 2.56. The van der Waals surface area contributed by atoms with E-state index >= 15 is 0 Å². The molecule has 0 aliphatic carbocycles. The van der Waals surface area contributed by atoms with E-state index < -0.39 is 0 Å². The maximum absolute atomic E-state index is 6.25. The Morgan fingerprint density at radius 3 is 2.65 bits per heavy atom. The van der Waals surface area contributed by atoms with Gasteiger partial charge in [0.2, 0.25) is 0 Å². The summed E-state index contributed by atoms with van der Waals surface area (Å²) in [4.78, 5) is 10.7. The normalized spacial score (nSPS) is 15.0. The van der Waals surface area contributed by atoms with Gasteiger partial charge in [0.1, 0.15) is 16.6 Å². The van der Waals surface area contributed by atoms with Crippen molar-refractivity contribution in [1.82, 2.24) is 4.98 Å².